The SMILES string of the molecule is COc1ccc(C(OC[C@]2(CO)O[C@H](c3ncc(F)cn3)[C@H](F)[C@@H]2O[Si](C)(C)C(C)(C)C)(c2ccccc2)c2ccc(OC)cc2)cc1. The highest BCUT2D eigenvalue weighted by molar-refractivity contribution is 6.74. The summed E-state index contributed by atoms with van der Waals surface area (Å²) in [6.45, 7) is 9.23. The first-order valence-electron chi connectivity index (χ1n) is 15.9. The third-order valence-electron chi connectivity index (χ3n) is 9.56. The van der Waals surface area contributed by atoms with E-state index in [0.717, 1.165) is 29.1 Å². The molecular weight excluding hydrogens is 634 g/mol. The molecule has 5 rings (SSSR count). The molecule has 11 heteroatoms. The predicted octanol–water partition coefficient (Wildman–Crippen LogP) is 7.17. The minimum absolute atomic E-state index is 0.0531. The molecular formula is C37H44F2N2O6Si. The van der Waals surface area contributed by atoms with Gasteiger partial charge in [-0.25, -0.2) is 18.7 Å². The van der Waals surface area contributed by atoms with E-state index >= 15 is 4.39 Å². The van der Waals surface area contributed by atoms with Crippen LogP contribution in [0.3, 0.4) is 0 Å². The highest BCUT2D eigenvalue weighted by Gasteiger charge is 2.61. The molecule has 3 aromatic carbocycles. The Morgan fingerprint density at radius 1 is 0.833 bits per heavy atom. The van der Waals surface area contributed by atoms with Crippen molar-refractivity contribution in [1.82, 2.24) is 9.97 Å². The van der Waals surface area contributed by atoms with Gasteiger partial charge in [-0.05, 0) is 59.1 Å². The van der Waals surface area contributed by atoms with Gasteiger partial charge in [0, 0.05) is 0 Å². The predicted molar refractivity (Wildman–Crippen MR) is 181 cm³/mol. The number of aliphatic hydroxyl groups excluding tert-OH is 1. The molecule has 0 amide bonds. The third-order valence-corrected chi connectivity index (χ3v) is 14.0. The monoisotopic (exact) mass is 678 g/mol. The summed E-state index contributed by atoms with van der Waals surface area (Å²) in [5.41, 5.74) is -0.686. The van der Waals surface area contributed by atoms with Crippen molar-refractivity contribution in [2.24, 2.45) is 0 Å². The first kappa shape index (κ1) is 35.6. The zero-order valence-electron chi connectivity index (χ0n) is 28.4. The lowest BCUT2D eigenvalue weighted by Gasteiger charge is -2.44. The molecule has 0 radical (unpaired) electrons. The van der Waals surface area contributed by atoms with Crippen LogP contribution in [0.25, 0.3) is 0 Å². The largest absolute Gasteiger partial charge is 0.497 e. The van der Waals surface area contributed by atoms with Crippen LogP contribution in [-0.4, -0.2) is 68.7 Å². The second-order valence-corrected chi connectivity index (χ2v) is 18.3. The molecule has 1 aliphatic heterocycles. The van der Waals surface area contributed by atoms with Crippen molar-refractivity contribution in [1.29, 1.82) is 0 Å². The maximum absolute atomic E-state index is 16.8. The number of alkyl halides is 1. The van der Waals surface area contributed by atoms with E-state index in [0.29, 0.717) is 11.5 Å². The molecule has 0 spiro atoms. The van der Waals surface area contributed by atoms with E-state index < -0.39 is 50.3 Å². The van der Waals surface area contributed by atoms with Crippen LogP contribution in [0.5, 0.6) is 11.5 Å². The van der Waals surface area contributed by atoms with Crippen LogP contribution >= 0.6 is 0 Å². The fraction of sp³-hybridized carbons (Fsp3) is 0.405. The van der Waals surface area contributed by atoms with Gasteiger partial charge >= 0.3 is 0 Å². The summed E-state index contributed by atoms with van der Waals surface area (Å²) in [5.74, 6) is 0.602. The number of ether oxygens (including phenoxy) is 4. The molecule has 1 fully saturated rings. The smallest absolute Gasteiger partial charge is 0.192 e. The normalized spacial score (nSPS) is 21.7. The van der Waals surface area contributed by atoms with Crippen molar-refractivity contribution in [3.8, 4) is 11.5 Å². The molecule has 8 nitrogen and oxygen atoms in total. The number of nitrogens with zero attached hydrogens (tertiary/aromatic N) is 2. The van der Waals surface area contributed by atoms with Gasteiger partial charge in [0.1, 0.15) is 28.8 Å². The fourth-order valence-corrected chi connectivity index (χ4v) is 7.09. The van der Waals surface area contributed by atoms with Crippen LogP contribution in [0, 0.1) is 5.82 Å². The summed E-state index contributed by atoms with van der Waals surface area (Å²) in [7, 11) is 0.533. The second kappa shape index (κ2) is 14.0. The number of aromatic nitrogens is 2. The van der Waals surface area contributed by atoms with Gasteiger partial charge in [0.25, 0.3) is 0 Å². The van der Waals surface area contributed by atoms with E-state index in [9.17, 15) is 9.50 Å². The maximum atomic E-state index is 16.8. The number of rotatable bonds is 12. The summed E-state index contributed by atoms with van der Waals surface area (Å²) >= 11 is 0. The summed E-state index contributed by atoms with van der Waals surface area (Å²) < 4.78 is 61.8. The van der Waals surface area contributed by atoms with Gasteiger partial charge in [-0.1, -0.05) is 75.4 Å². The molecule has 4 aromatic rings. The van der Waals surface area contributed by atoms with Crippen molar-refractivity contribution < 1.29 is 37.3 Å². The van der Waals surface area contributed by atoms with Gasteiger partial charge in [0.2, 0.25) is 0 Å². The lowest BCUT2D eigenvalue weighted by atomic mass is 9.79. The minimum Gasteiger partial charge on any atom is -0.497 e. The number of aliphatic hydroxyl groups is 1. The van der Waals surface area contributed by atoms with E-state index in [-0.39, 0.29) is 17.5 Å². The van der Waals surface area contributed by atoms with Gasteiger partial charge in [-0.3, -0.25) is 0 Å². The van der Waals surface area contributed by atoms with Crippen molar-refractivity contribution in [2.75, 3.05) is 27.4 Å². The van der Waals surface area contributed by atoms with Gasteiger partial charge in [0.15, 0.2) is 32.2 Å². The lowest BCUT2D eigenvalue weighted by molar-refractivity contribution is -0.166. The molecule has 1 aliphatic rings. The Bertz CT molecular complexity index is 1590. The Morgan fingerprint density at radius 2 is 1.33 bits per heavy atom. The Balaban J connectivity index is 1.67. The van der Waals surface area contributed by atoms with Crippen LogP contribution in [-0.2, 0) is 19.5 Å². The first-order valence-corrected chi connectivity index (χ1v) is 18.8. The molecule has 1 saturated heterocycles. The number of methoxy groups -OCH3 is 2. The maximum Gasteiger partial charge on any atom is 0.192 e. The Labute approximate surface area is 282 Å². The van der Waals surface area contributed by atoms with Crippen molar-refractivity contribution in [3.63, 3.8) is 0 Å². The zero-order valence-corrected chi connectivity index (χ0v) is 29.4. The zero-order chi connectivity index (χ0) is 34.7. The number of hydrogen-bond acceptors (Lipinski definition) is 8. The fourth-order valence-electron chi connectivity index (χ4n) is 5.76. The van der Waals surface area contributed by atoms with Crippen molar-refractivity contribution >= 4 is 8.32 Å². The molecule has 0 unspecified atom stereocenters. The summed E-state index contributed by atoms with van der Waals surface area (Å²) in [5, 5.41) is 10.9. The molecule has 2 heterocycles. The molecule has 4 atom stereocenters. The number of benzene rings is 3. The minimum atomic E-state index is -2.66. The summed E-state index contributed by atoms with van der Waals surface area (Å²) in [4.78, 5) is 8.07. The third kappa shape index (κ3) is 6.75. The van der Waals surface area contributed by atoms with Crippen LogP contribution in [0.15, 0.2) is 91.3 Å². The van der Waals surface area contributed by atoms with Gasteiger partial charge < -0.3 is 28.5 Å². The summed E-state index contributed by atoms with van der Waals surface area (Å²) in [6.07, 6.45) is -2.48. The van der Waals surface area contributed by atoms with E-state index in [1.54, 1.807) is 14.2 Å². The van der Waals surface area contributed by atoms with Crippen molar-refractivity contribution in [2.45, 2.75) is 68.5 Å². The van der Waals surface area contributed by atoms with Gasteiger partial charge in [-0.2, -0.15) is 0 Å². The first-order chi connectivity index (χ1) is 22.8. The van der Waals surface area contributed by atoms with E-state index in [2.05, 4.69) is 9.97 Å². The van der Waals surface area contributed by atoms with Crippen LogP contribution < -0.4 is 9.47 Å². The lowest BCUT2D eigenvalue weighted by Crippen LogP contribution is -2.57. The topological polar surface area (TPSA) is 92.2 Å². The quantitative estimate of drug-likeness (QED) is 0.125. The molecule has 0 aliphatic carbocycles. The molecule has 256 valence electrons. The van der Waals surface area contributed by atoms with Crippen LogP contribution in [0.1, 0.15) is 49.4 Å². The number of hydrogen-bond donors (Lipinski definition) is 1. The Kier molecular flexibility index (Phi) is 10.4. The molecule has 48 heavy (non-hydrogen) atoms. The number of halogens is 2. The molecule has 1 N–H and O–H groups in total. The van der Waals surface area contributed by atoms with E-state index in [4.69, 9.17) is 23.4 Å². The molecule has 1 aromatic heterocycles. The second-order valence-electron chi connectivity index (χ2n) is 13.6. The average molecular weight is 679 g/mol. The summed E-state index contributed by atoms with van der Waals surface area (Å²) in [6, 6.07) is 24.7. The Morgan fingerprint density at radius 3 is 1.79 bits per heavy atom. The highest BCUT2D eigenvalue weighted by atomic mass is 28.4. The van der Waals surface area contributed by atoms with Crippen LogP contribution in [0.4, 0.5) is 8.78 Å². The molecule has 0 saturated carbocycles. The van der Waals surface area contributed by atoms with E-state index in [1.807, 2.05) is 113 Å². The van der Waals surface area contributed by atoms with E-state index in [1.165, 1.54) is 0 Å². The highest BCUT2D eigenvalue weighted by Crippen LogP contribution is 2.49. The molecule has 0 bridgehead atoms. The van der Waals surface area contributed by atoms with Gasteiger partial charge in [-0.15, -0.1) is 0 Å². The van der Waals surface area contributed by atoms with Crippen molar-refractivity contribution in [3.05, 3.63) is 120 Å². The standard InChI is InChI=1S/C37H44F2N2O6Si/c1-35(2,3)48(6,7)47-33-31(39)32(34-40-21-28(38)22-41-34)46-36(33,23-42)24-45-37(25-11-9-8-10-12-25,26-13-17-29(43-4)18-14-26)27-15-19-30(44-5)20-16-27/h8-22,31-33,42H,23-24H2,1-7H3/t31-,32-,33-,36-/m0/s1. The average Bonchev–Trinajstić information content (AvgIpc) is 3.36. The van der Waals surface area contributed by atoms with Gasteiger partial charge in [0.05, 0.1) is 39.8 Å². The Hall–Kier alpha value is -3.74. The van der Waals surface area contributed by atoms with Crippen LogP contribution in [0.2, 0.25) is 18.1 Å².